The van der Waals surface area contributed by atoms with Crippen LogP contribution in [0.15, 0.2) is 41.6 Å². The van der Waals surface area contributed by atoms with E-state index in [-0.39, 0.29) is 18.6 Å². The van der Waals surface area contributed by atoms with E-state index in [0.29, 0.717) is 37.4 Å². The summed E-state index contributed by atoms with van der Waals surface area (Å²) in [5, 5.41) is 3.77. The zero-order valence-corrected chi connectivity index (χ0v) is 15.5. The number of benzene rings is 1. The minimum atomic E-state index is -0.0436. The van der Waals surface area contributed by atoms with Gasteiger partial charge in [-0.3, -0.25) is 9.59 Å². The first-order valence-corrected chi connectivity index (χ1v) is 9.73. The van der Waals surface area contributed by atoms with Crippen LogP contribution in [0.3, 0.4) is 0 Å². The van der Waals surface area contributed by atoms with Gasteiger partial charge in [-0.25, -0.2) is 4.98 Å². The molecule has 4 rings (SSSR count). The third kappa shape index (κ3) is 4.00. The van der Waals surface area contributed by atoms with E-state index < -0.39 is 0 Å². The molecule has 140 valence electrons. The Morgan fingerprint density at radius 1 is 1.26 bits per heavy atom. The van der Waals surface area contributed by atoms with Gasteiger partial charge in [0, 0.05) is 25.7 Å². The zero-order chi connectivity index (χ0) is 18.6. The summed E-state index contributed by atoms with van der Waals surface area (Å²) in [7, 11) is 0. The van der Waals surface area contributed by atoms with E-state index >= 15 is 0 Å². The molecular formula is C19H19N3O4S. The second-order valence-electron chi connectivity index (χ2n) is 6.23. The van der Waals surface area contributed by atoms with Gasteiger partial charge in [0.2, 0.25) is 18.6 Å². The number of hydrogen-bond acceptors (Lipinski definition) is 6. The third-order valence-electron chi connectivity index (χ3n) is 4.39. The Balaban J connectivity index is 1.26. The van der Waals surface area contributed by atoms with Crippen molar-refractivity contribution in [1.29, 1.82) is 0 Å². The Labute approximate surface area is 161 Å². The zero-order valence-electron chi connectivity index (χ0n) is 14.6. The summed E-state index contributed by atoms with van der Waals surface area (Å²) < 4.78 is 10.6. The quantitative estimate of drug-likeness (QED) is 0.822. The van der Waals surface area contributed by atoms with Crippen molar-refractivity contribution < 1.29 is 19.1 Å². The molecule has 3 heterocycles. The lowest BCUT2D eigenvalue weighted by Crippen LogP contribution is -2.37. The van der Waals surface area contributed by atoms with E-state index in [2.05, 4.69) is 10.3 Å². The molecule has 2 aliphatic rings. The van der Waals surface area contributed by atoms with Crippen molar-refractivity contribution in [2.75, 3.05) is 24.0 Å². The highest BCUT2D eigenvalue weighted by Crippen LogP contribution is 2.33. The lowest BCUT2D eigenvalue weighted by Gasteiger charge is -2.27. The van der Waals surface area contributed by atoms with Crippen LogP contribution in [0.2, 0.25) is 0 Å². The fraction of sp³-hybridized carbons (Fsp3) is 0.316. The molecule has 2 aliphatic heterocycles. The average molecular weight is 385 g/mol. The maximum absolute atomic E-state index is 12.2. The van der Waals surface area contributed by atoms with Crippen molar-refractivity contribution in [2.24, 2.45) is 0 Å². The molecule has 0 unspecified atom stereocenters. The standard InChI is InChI=1S/C19H19N3O4S/c23-17(21-10-13-5-6-15-16(9-13)26-12-25-15)4-2-8-22-14-3-1-7-20-19(14)27-11-18(22)24/h1,3,5-7,9H,2,4,8,10-12H2,(H,21,23). The van der Waals surface area contributed by atoms with Crippen LogP contribution in [0.25, 0.3) is 0 Å². The Morgan fingerprint density at radius 2 is 2.15 bits per heavy atom. The van der Waals surface area contributed by atoms with Crippen LogP contribution < -0.4 is 19.7 Å². The average Bonchev–Trinajstić information content (AvgIpc) is 3.16. The molecule has 0 spiro atoms. The van der Waals surface area contributed by atoms with Crippen molar-refractivity contribution in [2.45, 2.75) is 24.4 Å². The first kappa shape index (κ1) is 17.7. The number of hydrogen-bond donors (Lipinski definition) is 1. The number of pyridine rings is 1. The van der Waals surface area contributed by atoms with E-state index in [9.17, 15) is 9.59 Å². The van der Waals surface area contributed by atoms with Crippen molar-refractivity contribution >= 4 is 29.3 Å². The summed E-state index contributed by atoms with van der Waals surface area (Å²) in [6, 6.07) is 9.34. The fourth-order valence-electron chi connectivity index (χ4n) is 3.02. The van der Waals surface area contributed by atoms with Gasteiger partial charge in [-0.15, -0.1) is 0 Å². The molecule has 0 saturated heterocycles. The molecular weight excluding hydrogens is 366 g/mol. The number of thioether (sulfide) groups is 1. The summed E-state index contributed by atoms with van der Waals surface area (Å²) in [6.07, 6.45) is 2.68. The number of ether oxygens (including phenoxy) is 2. The van der Waals surface area contributed by atoms with E-state index in [1.807, 2.05) is 30.3 Å². The highest BCUT2D eigenvalue weighted by Gasteiger charge is 2.25. The molecule has 1 aromatic heterocycles. The summed E-state index contributed by atoms with van der Waals surface area (Å²) in [5.41, 5.74) is 1.79. The van der Waals surface area contributed by atoms with Gasteiger partial charge in [0.1, 0.15) is 5.03 Å². The van der Waals surface area contributed by atoms with Gasteiger partial charge in [0.05, 0.1) is 11.4 Å². The van der Waals surface area contributed by atoms with E-state index in [0.717, 1.165) is 22.0 Å². The molecule has 0 bridgehead atoms. The van der Waals surface area contributed by atoms with Crippen LogP contribution >= 0.6 is 11.8 Å². The molecule has 2 amide bonds. The van der Waals surface area contributed by atoms with Crippen LogP contribution in [0.5, 0.6) is 11.5 Å². The molecule has 7 nitrogen and oxygen atoms in total. The smallest absolute Gasteiger partial charge is 0.237 e. The van der Waals surface area contributed by atoms with Gasteiger partial charge >= 0.3 is 0 Å². The van der Waals surface area contributed by atoms with E-state index in [1.165, 1.54) is 11.8 Å². The SMILES string of the molecule is O=C(CCCN1C(=O)CSc2ncccc21)NCc1ccc2c(c1)OCO2. The van der Waals surface area contributed by atoms with Crippen LogP contribution in [-0.2, 0) is 16.1 Å². The van der Waals surface area contributed by atoms with Gasteiger partial charge in [-0.1, -0.05) is 17.8 Å². The summed E-state index contributed by atoms with van der Waals surface area (Å²) in [6.45, 7) is 1.18. The second kappa shape index (κ2) is 7.87. The summed E-state index contributed by atoms with van der Waals surface area (Å²) >= 11 is 1.45. The first-order chi connectivity index (χ1) is 13.2. The lowest BCUT2D eigenvalue weighted by atomic mass is 10.2. The maximum atomic E-state index is 12.2. The first-order valence-electron chi connectivity index (χ1n) is 8.74. The molecule has 0 saturated carbocycles. The Hall–Kier alpha value is -2.74. The minimum Gasteiger partial charge on any atom is -0.454 e. The number of nitrogens with one attached hydrogen (secondary N) is 1. The number of amides is 2. The molecule has 1 aromatic carbocycles. The second-order valence-corrected chi connectivity index (χ2v) is 7.19. The number of fused-ring (bicyclic) bond motifs is 2. The number of nitrogens with zero attached hydrogens (tertiary/aromatic N) is 2. The monoisotopic (exact) mass is 385 g/mol. The molecule has 0 radical (unpaired) electrons. The molecule has 0 atom stereocenters. The molecule has 2 aromatic rings. The van der Waals surface area contributed by atoms with Gasteiger partial charge < -0.3 is 19.7 Å². The Kier molecular flexibility index (Phi) is 5.15. The van der Waals surface area contributed by atoms with Gasteiger partial charge in [-0.05, 0) is 36.2 Å². The highest BCUT2D eigenvalue weighted by atomic mass is 32.2. The van der Waals surface area contributed by atoms with Gasteiger partial charge in [0.25, 0.3) is 0 Å². The van der Waals surface area contributed by atoms with Crippen molar-refractivity contribution in [3.8, 4) is 11.5 Å². The van der Waals surface area contributed by atoms with Gasteiger partial charge in [0.15, 0.2) is 11.5 Å². The largest absolute Gasteiger partial charge is 0.454 e. The number of rotatable bonds is 6. The topological polar surface area (TPSA) is 80.8 Å². The number of anilines is 1. The van der Waals surface area contributed by atoms with Crippen molar-refractivity contribution in [3.63, 3.8) is 0 Å². The third-order valence-corrected chi connectivity index (χ3v) is 5.37. The van der Waals surface area contributed by atoms with Crippen LogP contribution in [-0.4, -0.2) is 35.9 Å². The Morgan fingerprint density at radius 3 is 3.07 bits per heavy atom. The number of carbonyl (C=O) groups excluding carboxylic acids is 2. The fourth-order valence-corrected chi connectivity index (χ4v) is 3.90. The van der Waals surface area contributed by atoms with Crippen LogP contribution in [0.4, 0.5) is 5.69 Å². The Bertz CT molecular complexity index is 874. The number of aromatic nitrogens is 1. The van der Waals surface area contributed by atoms with Gasteiger partial charge in [-0.2, -0.15) is 0 Å². The molecule has 0 aliphatic carbocycles. The van der Waals surface area contributed by atoms with E-state index in [1.54, 1.807) is 11.1 Å². The molecule has 0 fully saturated rings. The van der Waals surface area contributed by atoms with E-state index in [4.69, 9.17) is 9.47 Å². The highest BCUT2D eigenvalue weighted by molar-refractivity contribution is 8.00. The minimum absolute atomic E-state index is 0.0436. The molecule has 27 heavy (non-hydrogen) atoms. The van der Waals surface area contributed by atoms with Crippen LogP contribution in [0, 0.1) is 0 Å². The lowest BCUT2D eigenvalue weighted by molar-refractivity contribution is -0.121. The maximum Gasteiger partial charge on any atom is 0.237 e. The predicted molar refractivity (Wildman–Crippen MR) is 101 cm³/mol. The summed E-state index contributed by atoms with van der Waals surface area (Å²) in [5.74, 6) is 1.83. The molecule has 8 heteroatoms. The summed E-state index contributed by atoms with van der Waals surface area (Å²) in [4.78, 5) is 30.4. The van der Waals surface area contributed by atoms with Crippen molar-refractivity contribution in [1.82, 2.24) is 10.3 Å². The normalized spacial score (nSPS) is 14.8. The molecule has 1 N–H and O–H groups in total. The number of carbonyl (C=O) groups is 2. The van der Waals surface area contributed by atoms with Crippen molar-refractivity contribution in [3.05, 3.63) is 42.1 Å². The predicted octanol–water partition coefficient (Wildman–Crippen LogP) is 2.35. The van der Waals surface area contributed by atoms with Crippen LogP contribution in [0.1, 0.15) is 18.4 Å².